The molecule has 0 atom stereocenters. The summed E-state index contributed by atoms with van der Waals surface area (Å²) < 4.78 is 12.0. The molecular weight excluding hydrogens is 400 g/mol. The van der Waals surface area contributed by atoms with E-state index in [-0.39, 0.29) is 5.91 Å². The molecule has 1 aliphatic heterocycles. The molecule has 0 aliphatic carbocycles. The highest BCUT2D eigenvalue weighted by Gasteiger charge is 2.19. The number of amides is 1. The molecule has 140 valence electrons. The number of nitrogens with zero attached hydrogens (tertiary/aromatic N) is 1. The summed E-state index contributed by atoms with van der Waals surface area (Å²) in [6.07, 6.45) is 0. The molecule has 2 aromatic carbocycles. The van der Waals surface area contributed by atoms with E-state index in [4.69, 9.17) is 9.47 Å². The Kier molecular flexibility index (Phi) is 5.47. The number of fused-ring (bicyclic) bond motifs is 1. The molecule has 0 radical (unpaired) electrons. The van der Waals surface area contributed by atoms with E-state index in [9.17, 15) is 4.79 Å². The number of carbonyl (C=O) groups is 1. The van der Waals surface area contributed by atoms with Crippen molar-refractivity contribution in [3.63, 3.8) is 0 Å². The molecule has 1 aromatic heterocycles. The van der Waals surface area contributed by atoms with Crippen LogP contribution in [0, 0.1) is 0 Å². The van der Waals surface area contributed by atoms with Gasteiger partial charge >= 0.3 is 0 Å². The Morgan fingerprint density at radius 1 is 1.07 bits per heavy atom. The minimum Gasteiger partial charge on any atom is -0.493 e. The molecule has 3 aromatic rings. The van der Waals surface area contributed by atoms with Gasteiger partial charge in [-0.05, 0) is 17.7 Å². The largest absolute Gasteiger partial charge is 0.493 e. The number of nitrogens with one attached hydrogen (secondary N) is 1. The summed E-state index contributed by atoms with van der Waals surface area (Å²) in [7, 11) is 3.19. The number of benzene rings is 2. The van der Waals surface area contributed by atoms with Crippen molar-refractivity contribution < 1.29 is 14.3 Å². The third-order valence-electron chi connectivity index (χ3n) is 4.18. The van der Waals surface area contributed by atoms with Crippen molar-refractivity contribution in [2.75, 3.05) is 31.0 Å². The van der Waals surface area contributed by atoms with Gasteiger partial charge in [0, 0.05) is 29.2 Å². The molecule has 1 saturated heterocycles. The zero-order valence-electron chi connectivity index (χ0n) is 14.9. The van der Waals surface area contributed by atoms with E-state index >= 15 is 0 Å². The van der Waals surface area contributed by atoms with Crippen molar-refractivity contribution in [3.8, 4) is 11.5 Å². The highest BCUT2D eigenvalue weighted by Crippen LogP contribution is 2.45. The fraction of sp³-hybridized carbons (Fsp3) is 0.263. The van der Waals surface area contributed by atoms with Gasteiger partial charge in [0.25, 0.3) is 5.91 Å². The van der Waals surface area contributed by atoms with Crippen LogP contribution in [0.4, 0.5) is 5.13 Å². The normalized spacial score (nSPS) is 14.4. The summed E-state index contributed by atoms with van der Waals surface area (Å²) in [6.45, 7) is 0. The van der Waals surface area contributed by atoms with E-state index in [2.05, 4.69) is 10.3 Å². The molecule has 1 aliphatic rings. The van der Waals surface area contributed by atoms with Gasteiger partial charge in [-0.25, -0.2) is 4.98 Å². The molecule has 4 rings (SSSR count). The summed E-state index contributed by atoms with van der Waals surface area (Å²) in [5.74, 6) is 3.47. The van der Waals surface area contributed by atoms with Crippen molar-refractivity contribution in [1.29, 1.82) is 0 Å². The Balaban J connectivity index is 1.52. The van der Waals surface area contributed by atoms with E-state index in [1.807, 2.05) is 59.9 Å². The number of rotatable bonds is 5. The average Bonchev–Trinajstić information content (AvgIpc) is 3.36. The Bertz CT molecular complexity index is 925. The number of thioether (sulfide) groups is 2. The van der Waals surface area contributed by atoms with Gasteiger partial charge in [0.2, 0.25) is 0 Å². The van der Waals surface area contributed by atoms with Crippen molar-refractivity contribution >= 4 is 56.1 Å². The van der Waals surface area contributed by atoms with Crippen molar-refractivity contribution in [3.05, 3.63) is 47.5 Å². The van der Waals surface area contributed by atoms with Crippen LogP contribution in [0.15, 0.2) is 36.4 Å². The van der Waals surface area contributed by atoms with Gasteiger partial charge in [0.1, 0.15) is 0 Å². The SMILES string of the molecule is COc1cc2nc(NC(=O)c3ccc(C4SCCS4)cc3)sc2cc1OC. The van der Waals surface area contributed by atoms with Crippen LogP contribution in [-0.2, 0) is 0 Å². The predicted octanol–water partition coefficient (Wildman–Crippen LogP) is 5.04. The van der Waals surface area contributed by atoms with Crippen LogP contribution in [0.2, 0.25) is 0 Å². The third-order valence-corrected chi connectivity index (χ3v) is 8.22. The quantitative estimate of drug-likeness (QED) is 0.626. The topological polar surface area (TPSA) is 60.5 Å². The number of hydrogen-bond donors (Lipinski definition) is 1. The van der Waals surface area contributed by atoms with Crippen LogP contribution in [0.1, 0.15) is 20.5 Å². The molecule has 27 heavy (non-hydrogen) atoms. The second-order valence-corrected chi connectivity index (χ2v) is 9.60. The lowest BCUT2D eigenvalue weighted by Gasteiger charge is -2.09. The molecule has 0 saturated carbocycles. The summed E-state index contributed by atoms with van der Waals surface area (Å²) >= 11 is 5.32. The fourth-order valence-electron chi connectivity index (χ4n) is 2.82. The summed E-state index contributed by atoms with van der Waals surface area (Å²) in [5.41, 5.74) is 2.65. The second-order valence-electron chi connectivity index (χ2n) is 5.84. The predicted molar refractivity (Wildman–Crippen MR) is 115 cm³/mol. The molecule has 0 unspecified atom stereocenters. The minimum absolute atomic E-state index is 0.161. The highest BCUT2D eigenvalue weighted by atomic mass is 32.2. The van der Waals surface area contributed by atoms with Crippen LogP contribution in [0.25, 0.3) is 10.2 Å². The Hall–Kier alpha value is -1.90. The van der Waals surface area contributed by atoms with Gasteiger partial charge in [-0.2, -0.15) is 0 Å². The highest BCUT2D eigenvalue weighted by molar-refractivity contribution is 8.19. The summed E-state index contributed by atoms with van der Waals surface area (Å²) in [5, 5.41) is 3.44. The van der Waals surface area contributed by atoms with Crippen LogP contribution >= 0.6 is 34.9 Å². The Morgan fingerprint density at radius 3 is 2.41 bits per heavy atom. The molecule has 1 amide bonds. The first-order valence-electron chi connectivity index (χ1n) is 8.35. The molecular formula is C19H18N2O3S3. The molecule has 5 nitrogen and oxygen atoms in total. The van der Waals surface area contributed by atoms with Gasteiger partial charge in [-0.15, -0.1) is 23.5 Å². The van der Waals surface area contributed by atoms with E-state index in [0.717, 1.165) is 10.2 Å². The van der Waals surface area contributed by atoms with Gasteiger partial charge < -0.3 is 9.47 Å². The zero-order valence-corrected chi connectivity index (χ0v) is 17.3. The van der Waals surface area contributed by atoms with Gasteiger partial charge in [0.05, 0.1) is 29.0 Å². The lowest BCUT2D eigenvalue weighted by atomic mass is 10.1. The number of thiazole rings is 1. The lowest BCUT2D eigenvalue weighted by Crippen LogP contribution is -2.11. The van der Waals surface area contributed by atoms with Crippen LogP contribution < -0.4 is 14.8 Å². The summed E-state index contributed by atoms with van der Waals surface area (Å²) in [4.78, 5) is 17.1. The number of carbonyl (C=O) groups excluding carboxylic acids is 1. The first-order chi connectivity index (χ1) is 13.2. The van der Waals surface area contributed by atoms with Crippen LogP contribution in [0.3, 0.4) is 0 Å². The van der Waals surface area contributed by atoms with E-state index in [0.29, 0.717) is 26.8 Å². The van der Waals surface area contributed by atoms with E-state index in [1.54, 1.807) is 14.2 Å². The molecule has 8 heteroatoms. The first-order valence-corrected chi connectivity index (χ1v) is 11.3. The number of methoxy groups -OCH3 is 2. The maximum Gasteiger partial charge on any atom is 0.257 e. The van der Waals surface area contributed by atoms with Crippen molar-refractivity contribution in [1.82, 2.24) is 4.98 Å². The maximum atomic E-state index is 12.6. The van der Waals surface area contributed by atoms with Gasteiger partial charge in [-0.3, -0.25) is 10.1 Å². The second kappa shape index (κ2) is 8.00. The molecule has 0 bridgehead atoms. The Morgan fingerprint density at radius 2 is 1.74 bits per heavy atom. The van der Waals surface area contributed by atoms with Crippen LogP contribution in [-0.4, -0.2) is 36.6 Å². The molecule has 0 spiro atoms. The zero-order chi connectivity index (χ0) is 18.8. The number of ether oxygens (including phenoxy) is 2. The number of aromatic nitrogens is 1. The first kappa shape index (κ1) is 18.5. The number of anilines is 1. The minimum atomic E-state index is -0.161. The summed E-state index contributed by atoms with van der Waals surface area (Å²) in [6, 6.07) is 11.5. The van der Waals surface area contributed by atoms with Crippen molar-refractivity contribution in [2.24, 2.45) is 0 Å². The Labute approximate surface area is 169 Å². The third kappa shape index (κ3) is 3.88. The van der Waals surface area contributed by atoms with Crippen molar-refractivity contribution in [2.45, 2.75) is 4.58 Å². The maximum absolute atomic E-state index is 12.6. The van der Waals surface area contributed by atoms with E-state index in [1.165, 1.54) is 28.4 Å². The number of hydrogen-bond acceptors (Lipinski definition) is 7. The van der Waals surface area contributed by atoms with Gasteiger partial charge in [-0.1, -0.05) is 23.5 Å². The smallest absolute Gasteiger partial charge is 0.257 e. The van der Waals surface area contributed by atoms with Crippen LogP contribution in [0.5, 0.6) is 11.5 Å². The molecule has 1 fully saturated rings. The van der Waals surface area contributed by atoms with E-state index < -0.39 is 0 Å². The average molecular weight is 419 g/mol. The molecule has 2 heterocycles. The molecule has 1 N–H and O–H groups in total. The fourth-order valence-corrected chi connectivity index (χ4v) is 6.55. The van der Waals surface area contributed by atoms with Gasteiger partial charge in [0.15, 0.2) is 16.6 Å². The monoisotopic (exact) mass is 418 g/mol. The standard InChI is InChI=1S/C19H18N2O3S3/c1-23-14-9-13-16(10-15(14)24-2)27-19(20-13)21-17(22)11-3-5-12(6-4-11)18-25-7-8-26-18/h3-6,9-10,18H,7-8H2,1-2H3,(H,20,21,22). The lowest BCUT2D eigenvalue weighted by molar-refractivity contribution is 0.102.